The van der Waals surface area contributed by atoms with Crippen LogP contribution in [0.2, 0.25) is 0 Å². The normalized spacial score (nSPS) is 20.1. The van der Waals surface area contributed by atoms with Crippen molar-refractivity contribution in [2.45, 2.75) is 96.7 Å². The minimum atomic E-state index is -0.908. The number of hydrogen-bond acceptors (Lipinski definition) is 8. The molecule has 0 bridgehead atoms. The van der Waals surface area contributed by atoms with Crippen LogP contribution in [0.3, 0.4) is 0 Å². The lowest BCUT2D eigenvalue weighted by molar-refractivity contribution is -0.133. The van der Waals surface area contributed by atoms with E-state index in [1.165, 1.54) is 10.5 Å². The van der Waals surface area contributed by atoms with Crippen LogP contribution in [0, 0.1) is 11.3 Å². The van der Waals surface area contributed by atoms with Crippen LogP contribution in [0.15, 0.2) is 36.4 Å². The van der Waals surface area contributed by atoms with Gasteiger partial charge >= 0.3 is 12.2 Å². The molecular weight excluding hydrogens is 600 g/mol. The molecule has 47 heavy (non-hydrogen) atoms. The highest BCUT2D eigenvalue weighted by molar-refractivity contribution is 5.82. The maximum Gasteiger partial charge on any atom is 0.410 e. The molecule has 1 N–H and O–H groups in total. The van der Waals surface area contributed by atoms with Crippen LogP contribution in [0.5, 0.6) is 5.75 Å². The highest BCUT2D eigenvalue weighted by Gasteiger charge is 2.33. The van der Waals surface area contributed by atoms with Crippen LogP contribution in [0.1, 0.15) is 77.0 Å². The molecule has 5 rings (SSSR count). The average Bonchev–Trinajstić information content (AvgIpc) is 3.36. The van der Waals surface area contributed by atoms with Crippen molar-refractivity contribution in [2.24, 2.45) is 0 Å². The first-order chi connectivity index (χ1) is 22.2. The number of fused-ring (bicyclic) bond motifs is 3. The second kappa shape index (κ2) is 13.8. The number of likely N-dealkylation sites (tertiary alicyclic amines) is 1. The van der Waals surface area contributed by atoms with Crippen molar-refractivity contribution in [1.82, 2.24) is 15.1 Å². The van der Waals surface area contributed by atoms with E-state index >= 15 is 0 Å². The Hall–Kier alpha value is -4.30. The summed E-state index contributed by atoms with van der Waals surface area (Å²) in [5.74, 6) is 0.490. The summed E-state index contributed by atoms with van der Waals surface area (Å²) in [6, 6.07) is 13.7. The Morgan fingerprint density at radius 2 is 1.66 bits per heavy atom. The highest BCUT2D eigenvalue weighted by atomic mass is 16.6. The number of nitrogens with zero attached hydrogens (tertiary/aromatic N) is 3. The highest BCUT2D eigenvalue weighted by Crippen LogP contribution is 2.40. The van der Waals surface area contributed by atoms with E-state index < -0.39 is 35.3 Å². The van der Waals surface area contributed by atoms with Crippen LogP contribution < -0.4 is 10.1 Å². The summed E-state index contributed by atoms with van der Waals surface area (Å²) >= 11 is 0. The summed E-state index contributed by atoms with van der Waals surface area (Å²) < 4.78 is 22.9. The molecule has 11 nitrogen and oxygen atoms in total. The molecule has 3 atom stereocenters. The molecule has 0 aliphatic carbocycles. The van der Waals surface area contributed by atoms with Crippen molar-refractivity contribution in [3.8, 4) is 22.9 Å². The van der Waals surface area contributed by atoms with E-state index in [4.69, 9.17) is 18.9 Å². The van der Waals surface area contributed by atoms with Crippen LogP contribution >= 0.6 is 0 Å². The number of hydrogen-bond donors (Lipinski definition) is 1. The summed E-state index contributed by atoms with van der Waals surface area (Å²) in [5, 5.41) is 12.7. The maximum atomic E-state index is 13.2. The van der Waals surface area contributed by atoms with E-state index in [9.17, 15) is 19.6 Å². The molecule has 3 heterocycles. The molecule has 0 aromatic heterocycles. The minimum absolute atomic E-state index is 0.0485. The first-order valence-corrected chi connectivity index (χ1v) is 16.4. The van der Waals surface area contributed by atoms with Gasteiger partial charge in [0.1, 0.15) is 29.6 Å². The number of amides is 3. The van der Waals surface area contributed by atoms with Gasteiger partial charge in [-0.15, -0.1) is 0 Å². The predicted molar refractivity (Wildman–Crippen MR) is 175 cm³/mol. The second-order valence-electron chi connectivity index (χ2n) is 14.5. The van der Waals surface area contributed by atoms with Gasteiger partial charge in [-0.3, -0.25) is 4.79 Å². The molecule has 2 saturated heterocycles. The number of nitriles is 1. The molecule has 252 valence electrons. The van der Waals surface area contributed by atoms with Gasteiger partial charge in [-0.05, 0) is 82.7 Å². The van der Waals surface area contributed by atoms with E-state index in [2.05, 4.69) is 29.6 Å². The third-order valence-corrected chi connectivity index (χ3v) is 8.30. The third-order valence-electron chi connectivity index (χ3n) is 8.30. The van der Waals surface area contributed by atoms with E-state index in [1.54, 1.807) is 25.7 Å². The summed E-state index contributed by atoms with van der Waals surface area (Å²) in [4.78, 5) is 41.7. The minimum Gasteiger partial charge on any atom is -0.488 e. The Labute approximate surface area is 277 Å². The van der Waals surface area contributed by atoms with E-state index in [-0.39, 0.29) is 25.0 Å². The predicted octanol–water partition coefficient (Wildman–Crippen LogP) is 5.55. The monoisotopic (exact) mass is 646 g/mol. The molecular formula is C36H46N4O7. The first kappa shape index (κ1) is 34.0. The second-order valence-corrected chi connectivity index (χ2v) is 14.5. The summed E-state index contributed by atoms with van der Waals surface area (Å²) in [6.07, 6.45) is 0.0421. The molecule has 3 aliphatic heterocycles. The molecule has 0 spiro atoms. The summed E-state index contributed by atoms with van der Waals surface area (Å²) in [7, 11) is 0. The smallest absolute Gasteiger partial charge is 0.410 e. The standard InChI is InChI=1S/C36H46N4O7/c1-35(2,3)46-33(42)39-13-7-15-44-31(21-39)32(41)38-27(19-37)16-23-8-11-28-29-18-24(9-10-26(29)22-45-30(28)17-23)25-12-14-40(20-25)34(43)47-36(4,5)6/h8-11,17-18,25,27,31H,7,12-16,20-22H2,1-6H3,(H,38,41)/t25?,27-,31-/m0/s1. The van der Waals surface area contributed by atoms with Crippen molar-refractivity contribution in [3.63, 3.8) is 0 Å². The Bertz CT molecular complexity index is 1540. The van der Waals surface area contributed by atoms with Gasteiger partial charge in [-0.1, -0.05) is 30.3 Å². The van der Waals surface area contributed by atoms with Gasteiger partial charge < -0.3 is 34.1 Å². The van der Waals surface area contributed by atoms with Gasteiger partial charge in [0.2, 0.25) is 0 Å². The van der Waals surface area contributed by atoms with Gasteiger partial charge in [0.25, 0.3) is 5.91 Å². The molecule has 2 aromatic carbocycles. The Balaban J connectivity index is 1.23. The fraction of sp³-hybridized carbons (Fsp3) is 0.556. The van der Waals surface area contributed by atoms with Crippen molar-refractivity contribution >= 4 is 18.1 Å². The topological polar surface area (TPSA) is 130 Å². The van der Waals surface area contributed by atoms with Crippen LogP contribution in [0.25, 0.3) is 11.1 Å². The molecule has 3 aliphatic rings. The van der Waals surface area contributed by atoms with Crippen molar-refractivity contribution < 1.29 is 33.3 Å². The molecule has 2 aromatic rings. The molecule has 0 saturated carbocycles. The van der Waals surface area contributed by atoms with Crippen LogP contribution in [0.4, 0.5) is 9.59 Å². The van der Waals surface area contributed by atoms with Gasteiger partial charge in [0, 0.05) is 44.1 Å². The average molecular weight is 647 g/mol. The number of carbonyl (C=O) groups excluding carboxylic acids is 3. The molecule has 1 unspecified atom stereocenters. The van der Waals surface area contributed by atoms with Gasteiger partial charge in [-0.25, -0.2) is 9.59 Å². The lowest BCUT2D eigenvalue weighted by Gasteiger charge is -2.28. The van der Waals surface area contributed by atoms with Gasteiger partial charge in [0.15, 0.2) is 6.10 Å². The Morgan fingerprint density at radius 1 is 0.957 bits per heavy atom. The fourth-order valence-electron chi connectivity index (χ4n) is 6.05. The van der Waals surface area contributed by atoms with E-state index in [0.29, 0.717) is 39.3 Å². The number of nitrogens with one attached hydrogen (secondary N) is 1. The largest absolute Gasteiger partial charge is 0.488 e. The third kappa shape index (κ3) is 8.74. The Kier molecular flexibility index (Phi) is 10.0. The van der Waals surface area contributed by atoms with Gasteiger partial charge in [0.05, 0.1) is 12.6 Å². The molecule has 0 radical (unpaired) electrons. The fourth-order valence-corrected chi connectivity index (χ4v) is 6.05. The zero-order valence-electron chi connectivity index (χ0n) is 28.3. The van der Waals surface area contributed by atoms with Crippen molar-refractivity contribution in [2.75, 3.05) is 32.8 Å². The number of benzene rings is 2. The molecule has 3 amide bonds. The maximum absolute atomic E-state index is 13.2. The summed E-state index contributed by atoms with van der Waals surface area (Å²) in [5.41, 5.74) is 3.97. The number of rotatable bonds is 5. The van der Waals surface area contributed by atoms with Gasteiger partial charge in [-0.2, -0.15) is 5.26 Å². The van der Waals surface area contributed by atoms with Crippen LogP contribution in [-0.2, 0) is 32.0 Å². The Morgan fingerprint density at radius 3 is 2.34 bits per heavy atom. The van der Waals surface area contributed by atoms with Crippen molar-refractivity contribution in [1.29, 1.82) is 5.26 Å². The van der Waals surface area contributed by atoms with Crippen LogP contribution in [-0.4, -0.2) is 84.0 Å². The molecule has 2 fully saturated rings. The van der Waals surface area contributed by atoms with E-state index in [1.807, 2.05) is 39.0 Å². The quantitative estimate of drug-likeness (QED) is 0.448. The summed E-state index contributed by atoms with van der Waals surface area (Å²) in [6.45, 7) is 13.5. The lowest BCUT2D eigenvalue weighted by atomic mass is 9.89. The number of carbonyl (C=O) groups is 3. The first-order valence-electron chi connectivity index (χ1n) is 16.4. The van der Waals surface area contributed by atoms with E-state index in [0.717, 1.165) is 34.4 Å². The zero-order chi connectivity index (χ0) is 33.9. The number of ether oxygens (including phenoxy) is 4. The van der Waals surface area contributed by atoms with Crippen molar-refractivity contribution in [3.05, 3.63) is 53.1 Å². The zero-order valence-corrected chi connectivity index (χ0v) is 28.3. The lowest BCUT2D eigenvalue weighted by Crippen LogP contribution is -2.48. The molecule has 11 heteroatoms. The SMILES string of the molecule is CC(C)(C)OC(=O)N1CCC(c2ccc3c(c2)-c2ccc(C[C@@H](C#N)NC(=O)[C@@H]4CN(C(=O)OC(C)(C)C)CCCO4)cc2OC3)C1.